The average molecular weight is 290 g/mol. The highest BCUT2D eigenvalue weighted by Crippen LogP contribution is 2.21. The lowest BCUT2D eigenvalue weighted by molar-refractivity contribution is -0.137. The highest BCUT2D eigenvalue weighted by atomic mass is 16.4. The monoisotopic (exact) mass is 290 g/mol. The predicted molar refractivity (Wildman–Crippen MR) is 80.3 cm³/mol. The molecule has 0 fully saturated rings. The molecule has 0 atom stereocenters. The van der Waals surface area contributed by atoms with Crippen LogP contribution in [-0.4, -0.2) is 41.0 Å². The van der Waals surface area contributed by atoms with Crippen LogP contribution in [0.1, 0.15) is 41.8 Å². The van der Waals surface area contributed by atoms with E-state index in [-0.39, 0.29) is 24.9 Å². The van der Waals surface area contributed by atoms with Crippen LogP contribution in [0.3, 0.4) is 0 Å². The van der Waals surface area contributed by atoms with Crippen LogP contribution in [0.5, 0.6) is 0 Å². The van der Waals surface area contributed by atoms with Gasteiger partial charge in [-0.3, -0.25) is 9.59 Å². The molecule has 1 heterocycles. The molecule has 21 heavy (non-hydrogen) atoms. The van der Waals surface area contributed by atoms with E-state index in [9.17, 15) is 9.59 Å². The molecule has 0 unspecified atom stereocenters. The molecule has 1 aliphatic heterocycles. The Morgan fingerprint density at radius 3 is 2.81 bits per heavy atom. The van der Waals surface area contributed by atoms with Crippen molar-refractivity contribution in [3.05, 3.63) is 34.9 Å². The van der Waals surface area contributed by atoms with Gasteiger partial charge >= 0.3 is 5.97 Å². The third-order valence-electron chi connectivity index (χ3n) is 3.82. The minimum Gasteiger partial charge on any atom is -0.481 e. The van der Waals surface area contributed by atoms with Gasteiger partial charge in [0.1, 0.15) is 0 Å². The fourth-order valence-corrected chi connectivity index (χ4v) is 2.70. The Morgan fingerprint density at radius 1 is 1.38 bits per heavy atom. The lowest BCUT2D eigenvalue weighted by Gasteiger charge is -2.28. The first-order valence-electron chi connectivity index (χ1n) is 7.35. The second-order valence-electron chi connectivity index (χ2n) is 5.61. The molecular formula is C16H22N2O3. The first-order valence-corrected chi connectivity index (χ1v) is 7.35. The Balaban J connectivity index is 2.26. The number of carboxylic acid groups (broad SMARTS) is 1. The largest absolute Gasteiger partial charge is 0.481 e. The fourth-order valence-electron chi connectivity index (χ4n) is 2.70. The van der Waals surface area contributed by atoms with Crippen molar-refractivity contribution in [2.75, 3.05) is 13.1 Å². The van der Waals surface area contributed by atoms with Gasteiger partial charge in [-0.25, -0.2) is 0 Å². The summed E-state index contributed by atoms with van der Waals surface area (Å²) < 4.78 is 0. The van der Waals surface area contributed by atoms with Gasteiger partial charge < -0.3 is 15.3 Å². The van der Waals surface area contributed by atoms with Gasteiger partial charge in [0.05, 0.1) is 6.42 Å². The molecule has 2 rings (SSSR count). The molecule has 0 aromatic heterocycles. The van der Waals surface area contributed by atoms with Crippen LogP contribution in [0, 0.1) is 0 Å². The van der Waals surface area contributed by atoms with E-state index in [4.69, 9.17) is 5.11 Å². The summed E-state index contributed by atoms with van der Waals surface area (Å²) in [5, 5.41) is 12.1. The van der Waals surface area contributed by atoms with Crippen molar-refractivity contribution < 1.29 is 14.7 Å². The zero-order chi connectivity index (χ0) is 15.4. The summed E-state index contributed by atoms with van der Waals surface area (Å²) in [4.78, 5) is 25.2. The maximum Gasteiger partial charge on any atom is 0.305 e. The van der Waals surface area contributed by atoms with Gasteiger partial charge in [-0.15, -0.1) is 0 Å². The molecule has 1 aromatic rings. The maximum atomic E-state index is 12.8. The number of fused-ring (bicyclic) bond motifs is 1. The number of benzene rings is 1. The molecule has 0 radical (unpaired) electrons. The molecule has 5 nitrogen and oxygen atoms in total. The van der Waals surface area contributed by atoms with Crippen molar-refractivity contribution in [1.82, 2.24) is 10.2 Å². The summed E-state index contributed by atoms with van der Waals surface area (Å²) in [6, 6.07) is 5.77. The smallest absolute Gasteiger partial charge is 0.305 e. The number of nitrogens with one attached hydrogen (secondary N) is 1. The van der Waals surface area contributed by atoms with E-state index in [1.807, 2.05) is 32.0 Å². The SMILES string of the molecule is CC(C)N(CCC(=O)O)C(=O)c1cccc2c1CCNC2. The number of carbonyl (C=O) groups is 2. The summed E-state index contributed by atoms with van der Waals surface area (Å²) >= 11 is 0. The van der Waals surface area contributed by atoms with Crippen molar-refractivity contribution in [2.24, 2.45) is 0 Å². The van der Waals surface area contributed by atoms with Gasteiger partial charge in [0, 0.05) is 24.7 Å². The molecular weight excluding hydrogens is 268 g/mol. The Hall–Kier alpha value is -1.88. The van der Waals surface area contributed by atoms with Gasteiger partial charge in [0.25, 0.3) is 5.91 Å². The van der Waals surface area contributed by atoms with Crippen LogP contribution >= 0.6 is 0 Å². The normalized spacial score (nSPS) is 13.9. The lowest BCUT2D eigenvalue weighted by atomic mass is 9.94. The Kier molecular flexibility index (Phi) is 4.96. The fraction of sp³-hybridized carbons (Fsp3) is 0.500. The zero-order valence-electron chi connectivity index (χ0n) is 12.6. The summed E-state index contributed by atoms with van der Waals surface area (Å²) in [7, 11) is 0. The number of carboxylic acids is 1. The van der Waals surface area contributed by atoms with Crippen LogP contribution in [0.25, 0.3) is 0 Å². The van der Waals surface area contributed by atoms with Crippen molar-refractivity contribution in [2.45, 2.75) is 39.3 Å². The minimum absolute atomic E-state index is 0.0191. The highest BCUT2D eigenvalue weighted by Gasteiger charge is 2.23. The standard InChI is InChI=1S/C16H22N2O3/c1-11(2)18(9-7-15(19)20)16(21)14-5-3-4-12-10-17-8-6-13(12)14/h3-5,11,17H,6-10H2,1-2H3,(H,19,20). The quantitative estimate of drug-likeness (QED) is 0.865. The number of rotatable bonds is 5. The second kappa shape index (κ2) is 6.72. The van der Waals surface area contributed by atoms with Crippen LogP contribution in [0.2, 0.25) is 0 Å². The van der Waals surface area contributed by atoms with Crippen LogP contribution in [-0.2, 0) is 17.8 Å². The van der Waals surface area contributed by atoms with E-state index < -0.39 is 5.97 Å². The molecule has 5 heteroatoms. The average Bonchev–Trinajstić information content (AvgIpc) is 2.46. The Morgan fingerprint density at radius 2 is 2.14 bits per heavy atom. The molecule has 114 valence electrons. The maximum absolute atomic E-state index is 12.8. The Labute approximate surface area is 125 Å². The van der Waals surface area contributed by atoms with Crippen molar-refractivity contribution in [3.63, 3.8) is 0 Å². The minimum atomic E-state index is -0.882. The molecule has 0 spiro atoms. The second-order valence-corrected chi connectivity index (χ2v) is 5.61. The van der Waals surface area contributed by atoms with Crippen LogP contribution in [0.4, 0.5) is 0 Å². The molecule has 1 aromatic carbocycles. The number of nitrogens with zero attached hydrogens (tertiary/aromatic N) is 1. The molecule has 0 aliphatic carbocycles. The number of amides is 1. The van der Waals surface area contributed by atoms with E-state index in [0.717, 1.165) is 30.6 Å². The first kappa shape index (κ1) is 15.5. The molecule has 0 saturated heterocycles. The van der Waals surface area contributed by atoms with Gasteiger partial charge in [-0.05, 0) is 44.0 Å². The number of hydrogen-bond donors (Lipinski definition) is 2. The Bertz CT molecular complexity index is 540. The van der Waals surface area contributed by atoms with E-state index in [1.165, 1.54) is 0 Å². The molecule has 1 amide bonds. The summed E-state index contributed by atoms with van der Waals surface area (Å²) in [6.07, 6.45) is 0.808. The highest BCUT2D eigenvalue weighted by molar-refractivity contribution is 5.96. The van der Waals surface area contributed by atoms with Crippen molar-refractivity contribution in [3.8, 4) is 0 Å². The van der Waals surface area contributed by atoms with Crippen LogP contribution in [0.15, 0.2) is 18.2 Å². The number of carbonyl (C=O) groups excluding carboxylic acids is 1. The van der Waals surface area contributed by atoms with Gasteiger partial charge in [0.2, 0.25) is 0 Å². The molecule has 0 bridgehead atoms. The first-order chi connectivity index (χ1) is 10.0. The van der Waals surface area contributed by atoms with E-state index in [1.54, 1.807) is 4.90 Å². The summed E-state index contributed by atoms with van der Waals surface area (Å²) in [6.45, 7) is 5.72. The lowest BCUT2D eigenvalue weighted by Crippen LogP contribution is -2.39. The molecule has 0 saturated carbocycles. The summed E-state index contributed by atoms with van der Waals surface area (Å²) in [5.74, 6) is -0.947. The summed E-state index contributed by atoms with van der Waals surface area (Å²) in [5.41, 5.74) is 2.98. The molecule has 1 aliphatic rings. The zero-order valence-corrected chi connectivity index (χ0v) is 12.6. The van der Waals surface area contributed by atoms with E-state index in [0.29, 0.717) is 5.56 Å². The number of aliphatic carboxylic acids is 1. The van der Waals surface area contributed by atoms with Gasteiger partial charge in [-0.1, -0.05) is 12.1 Å². The third kappa shape index (κ3) is 3.61. The number of hydrogen-bond acceptors (Lipinski definition) is 3. The van der Waals surface area contributed by atoms with Crippen molar-refractivity contribution in [1.29, 1.82) is 0 Å². The van der Waals surface area contributed by atoms with Crippen LogP contribution < -0.4 is 5.32 Å². The van der Waals surface area contributed by atoms with Gasteiger partial charge in [-0.2, -0.15) is 0 Å². The predicted octanol–water partition coefficient (Wildman–Crippen LogP) is 1.66. The van der Waals surface area contributed by atoms with Gasteiger partial charge in [0.15, 0.2) is 0 Å². The molecule has 2 N–H and O–H groups in total. The van der Waals surface area contributed by atoms with E-state index >= 15 is 0 Å². The topological polar surface area (TPSA) is 69.6 Å². The van der Waals surface area contributed by atoms with Crippen molar-refractivity contribution >= 4 is 11.9 Å². The third-order valence-corrected chi connectivity index (χ3v) is 3.82. The van der Waals surface area contributed by atoms with E-state index in [2.05, 4.69) is 5.32 Å².